The summed E-state index contributed by atoms with van der Waals surface area (Å²) >= 11 is 0. The largest absolute Gasteiger partial charge is 0.481 e. The van der Waals surface area contributed by atoms with E-state index in [-0.39, 0.29) is 12.2 Å². The van der Waals surface area contributed by atoms with Gasteiger partial charge in [0.1, 0.15) is 0 Å². The molecule has 0 spiro atoms. The molecule has 0 saturated heterocycles. The van der Waals surface area contributed by atoms with E-state index in [2.05, 4.69) is 13.8 Å². The van der Waals surface area contributed by atoms with Gasteiger partial charge >= 0.3 is 5.97 Å². The van der Waals surface area contributed by atoms with E-state index in [0.29, 0.717) is 12.8 Å². The molecule has 138 valence electrons. The van der Waals surface area contributed by atoms with Crippen LogP contribution >= 0.6 is 0 Å². The molecule has 5 nitrogen and oxygen atoms in total. The molecular formula is C17H34O5S. The Kier molecular flexibility index (Phi) is 12.4. The van der Waals surface area contributed by atoms with Crippen molar-refractivity contribution in [3.63, 3.8) is 0 Å². The monoisotopic (exact) mass is 350 g/mol. The average Bonchev–Trinajstić information content (AvgIpc) is 2.41. The van der Waals surface area contributed by atoms with Crippen molar-refractivity contribution in [2.24, 2.45) is 11.8 Å². The van der Waals surface area contributed by atoms with Gasteiger partial charge in [-0.15, -0.1) is 0 Å². The SMILES string of the molecule is CC(C)CCCCCCCCCC(CCCS(=O)(=O)O)C(=O)O. The number of carbonyl (C=O) groups is 1. The third-order valence-electron chi connectivity index (χ3n) is 4.14. The van der Waals surface area contributed by atoms with Crippen LogP contribution in [-0.2, 0) is 14.9 Å². The Morgan fingerprint density at radius 3 is 1.70 bits per heavy atom. The summed E-state index contributed by atoms with van der Waals surface area (Å²) in [7, 11) is -3.98. The van der Waals surface area contributed by atoms with Gasteiger partial charge in [0, 0.05) is 0 Å². The number of aliphatic carboxylic acids is 1. The summed E-state index contributed by atoms with van der Waals surface area (Å²) in [5.41, 5.74) is 0. The molecule has 0 aliphatic rings. The Bertz CT molecular complexity index is 403. The van der Waals surface area contributed by atoms with E-state index in [1.165, 1.54) is 32.1 Å². The van der Waals surface area contributed by atoms with Gasteiger partial charge in [0.15, 0.2) is 0 Å². The minimum absolute atomic E-state index is 0.200. The van der Waals surface area contributed by atoms with Gasteiger partial charge in [-0.2, -0.15) is 8.42 Å². The van der Waals surface area contributed by atoms with E-state index in [0.717, 1.165) is 25.2 Å². The lowest BCUT2D eigenvalue weighted by atomic mass is 9.96. The zero-order chi connectivity index (χ0) is 17.7. The van der Waals surface area contributed by atoms with Crippen molar-refractivity contribution in [3.05, 3.63) is 0 Å². The van der Waals surface area contributed by atoms with Crippen molar-refractivity contribution >= 4 is 16.1 Å². The first-order valence-corrected chi connectivity index (χ1v) is 10.5. The van der Waals surface area contributed by atoms with Crippen molar-refractivity contribution < 1.29 is 22.9 Å². The van der Waals surface area contributed by atoms with Gasteiger partial charge in [0.05, 0.1) is 11.7 Å². The van der Waals surface area contributed by atoms with Crippen molar-refractivity contribution in [2.75, 3.05) is 5.75 Å². The quantitative estimate of drug-likeness (QED) is 0.334. The summed E-state index contributed by atoms with van der Waals surface area (Å²) in [5, 5.41) is 9.14. The maximum atomic E-state index is 11.1. The minimum Gasteiger partial charge on any atom is -0.481 e. The fraction of sp³-hybridized carbons (Fsp3) is 0.941. The average molecular weight is 351 g/mol. The molecule has 0 aromatic carbocycles. The Morgan fingerprint density at radius 2 is 1.26 bits per heavy atom. The van der Waals surface area contributed by atoms with E-state index >= 15 is 0 Å². The van der Waals surface area contributed by atoms with Crippen LogP contribution in [0.4, 0.5) is 0 Å². The Balaban J connectivity index is 3.63. The van der Waals surface area contributed by atoms with E-state index in [1.807, 2.05) is 0 Å². The number of hydrogen-bond donors (Lipinski definition) is 2. The number of carboxylic acid groups (broad SMARTS) is 1. The highest BCUT2D eigenvalue weighted by molar-refractivity contribution is 7.85. The molecule has 0 fully saturated rings. The van der Waals surface area contributed by atoms with Crippen LogP contribution in [0, 0.1) is 11.8 Å². The molecule has 0 aromatic heterocycles. The maximum Gasteiger partial charge on any atom is 0.306 e. The van der Waals surface area contributed by atoms with Gasteiger partial charge in [-0.25, -0.2) is 0 Å². The lowest BCUT2D eigenvalue weighted by Crippen LogP contribution is -2.15. The molecule has 1 unspecified atom stereocenters. The maximum absolute atomic E-state index is 11.1. The molecule has 1 atom stereocenters. The molecule has 0 heterocycles. The first-order chi connectivity index (χ1) is 10.7. The zero-order valence-corrected chi connectivity index (χ0v) is 15.5. The summed E-state index contributed by atoms with van der Waals surface area (Å²) in [4.78, 5) is 11.1. The minimum atomic E-state index is -3.98. The van der Waals surface area contributed by atoms with Gasteiger partial charge < -0.3 is 5.11 Å². The third kappa shape index (κ3) is 16.0. The molecule has 0 radical (unpaired) electrons. The van der Waals surface area contributed by atoms with E-state index in [1.54, 1.807) is 0 Å². The lowest BCUT2D eigenvalue weighted by molar-refractivity contribution is -0.142. The predicted molar refractivity (Wildman–Crippen MR) is 93.2 cm³/mol. The number of hydrogen-bond acceptors (Lipinski definition) is 3. The summed E-state index contributed by atoms with van der Waals surface area (Å²) in [6.07, 6.45) is 10.5. The summed E-state index contributed by atoms with van der Waals surface area (Å²) in [5.74, 6) is -0.937. The summed E-state index contributed by atoms with van der Waals surface area (Å²) in [6, 6.07) is 0. The predicted octanol–water partition coefficient (Wildman–Crippen LogP) is 4.52. The van der Waals surface area contributed by atoms with Crippen molar-refractivity contribution in [1.82, 2.24) is 0 Å². The van der Waals surface area contributed by atoms with Crippen LogP contribution in [0.25, 0.3) is 0 Å². The third-order valence-corrected chi connectivity index (χ3v) is 4.94. The number of rotatable bonds is 15. The molecule has 0 aliphatic carbocycles. The van der Waals surface area contributed by atoms with Crippen LogP contribution in [-0.4, -0.2) is 29.8 Å². The fourth-order valence-corrected chi connectivity index (χ4v) is 3.26. The second-order valence-electron chi connectivity index (χ2n) is 6.91. The first kappa shape index (κ1) is 22.4. The van der Waals surface area contributed by atoms with Gasteiger partial charge in [-0.05, 0) is 25.2 Å². The molecule has 0 amide bonds. The Labute approximate surface area is 141 Å². The van der Waals surface area contributed by atoms with Crippen molar-refractivity contribution in [3.8, 4) is 0 Å². The first-order valence-electron chi connectivity index (χ1n) is 8.90. The molecule has 0 saturated carbocycles. The number of unbranched alkanes of at least 4 members (excludes halogenated alkanes) is 6. The summed E-state index contributed by atoms with van der Waals surface area (Å²) in [6.45, 7) is 4.49. The second kappa shape index (κ2) is 12.8. The van der Waals surface area contributed by atoms with Gasteiger partial charge in [0.25, 0.3) is 10.1 Å². The van der Waals surface area contributed by atoms with Crippen LogP contribution in [0.1, 0.15) is 84.5 Å². The topological polar surface area (TPSA) is 91.7 Å². The van der Waals surface area contributed by atoms with Crippen LogP contribution < -0.4 is 0 Å². The highest BCUT2D eigenvalue weighted by atomic mass is 32.2. The van der Waals surface area contributed by atoms with Crippen LogP contribution in [0.2, 0.25) is 0 Å². The van der Waals surface area contributed by atoms with Gasteiger partial charge in [-0.1, -0.05) is 65.2 Å². The second-order valence-corrected chi connectivity index (χ2v) is 8.48. The smallest absolute Gasteiger partial charge is 0.306 e. The Morgan fingerprint density at radius 1 is 0.826 bits per heavy atom. The molecule has 23 heavy (non-hydrogen) atoms. The van der Waals surface area contributed by atoms with E-state index < -0.39 is 22.0 Å². The molecule has 0 aromatic rings. The van der Waals surface area contributed by atoms with Crippen molar-refractivity contribution in [1.29, 1.82) is 0 Å². The highest BCUT2D eigenvalue weighted by Crippen LogP contribution is 2.18. The number of carboxylic acids is 1. The fourth-order valence-electron chi connectivity index (χ4n) is 2.73. The molecule has 0 rings (SSSR count). The molecular weight excluding hydrogens is 316 g/mol. The van der Waals surface area contributed by atoms with Crippen LogP contribution in [0.3, 0.4) is 0 Å². The molecule has 2 N–H and O–H groups in total. The van der Waals surface area contributed by atoms with Crippen LogP contribution in [0.15, 0.2) is 0 Å². The van der Waals surface area contributed by atoms with E-state index in [4.69, 9.17) is 9.66 Å². The normalized spacial score (nSPS) is 13.4. The highest BCUT2D eigenvalue weighted by Gasteiger charge is 2.17. The lowest BCUT2D eigenvalue weighted by Gasteiger charge is -2.11. The van der Waals surface area contributed by atoms with Crippen molar-refractivity contribution in [2.45, 2.75) is 84.5 Å². The molecule has 6 heteroatoms. The van der Waals surface area contributed by atoms with Crippen LogP contribution in [0.5, 0.6) is 0 Å². The standard InChI is InChI=1S/C17H34O5S/c1-15(2)11-8-6-4-3-5-7-9-12-16(17(18)19)13-10-14-23(20,21)22/h15-16H,3-14H2,1-2H3,(H,18,19)(H,20,21,22). The van der Waals surface area contributed by atoms with E-state index in [9.17, 15) is 13.2 Å². The van der Waals surface area contributed by atoms with Gasteiger partial charge in [-0.3, -0.25) is 9.35 Å². The Hall–Kier alpha value is -0.620. The zero-order valence-electron chi connectivity index (χ0n) is 14.7. The molecule has 0 bridgehead atoms. The molecule has 0 aliphatic heterocycles. The van der Waals surface area contributed by atoms with Gasteiger partial charge in [0.2, 0.25) is 0 Å². The summed E-state index contributed by atoms with van der Waals surface area (Å²) < 4.78 is 29.9.